The van der Waals surface area contributed by atoms with E-state index in [-0.39, 0.29) is 11.0 Å². The highest BCUT2D eigenvalue weighted by Crippen LogP contribution is 2.28. The molecule has 2 aromatic rings. The molecule has 5 heteroatoms. The second-order valence-corrected chi connectivity index (χ2v) is 6.04. The first-order valence-electron chi connectivity index (χ1n) is 6.36. The third kappa shape index (κ3) is 2.75. The Morgan fingerprint density at radius 2 is 2.05 bits per heavy atom. The third-order valence-electron chi connectivity index (χ3n) is 3.69. The minimum Gasteiger partial charge on any atom is -0.478 e. The molecule has 2 heterocycles. The molecule has 0 aliphatic heterocycles. The van der Waals surface area contributed by atoms with Gasteiger partial charge in [-0.25, -0.2) is 4.79 Å². The Hall–Kier alpha value is -1.91. The van der Waals surface area contributed by atoms with Crippen LogP contribution in [0.25, 0.3) is 5.65 Å². The smallest absolute Gasteiger partial charge is 0.337 e. The highest BCUT2D eigenvalue weighted by atomic mass is 16.4. The van der Waals surface area contributed by atoms with Gasteiger partial charge in [-0.2, -0.15) is 0 Å². The van der Waals surface area contributed by atoms with Crippen LogP contribution >= 0.6 is 0 Å². The third-order valence-corrected chi connectivity index (χ3v) is 3.69. The summed E-state index contributed by atoms with van der Waals surface area (Å²) in [4.78, 5) is 11.0. The number of carbonyl (C=O) groups is 1. The topological polar surface area (TPSA) is 67.5 Å². The highest BCUT2D eigenvalue weighted by Gasteiger charge is 2.22. The molecule has 0 saturated carbocycles. The zero-order chi connectivity index (χ0) is 14.2. The van der Waals surface area contributed by atoms with Gasteiger partial charge in [0.05, 0.1) is 5.56 Å². The highest BCUT2D eigenvalue weighted by molar-refractivity contribution is 5.87. The predicted octanol–water partition coefficient (Wildman–Crippen LogP) is 2.65. The van der Waals surface area contributed by atoms with E-state index in [9.17, 15) is 4.79 Å². The molecule has 0 aliphatic carbocycles. The zero-order valence-electron chi connectivity index (χ0n) is 11.7. The first kappa shape index (κ1) is 13.5. The standard InChI is InChI=1S/C14H19N3O2/c1-9(14(2,3)4)7-12-16-15-11-6-5-10(13(18)19)8-17(11)12/h5-6,8-9H,7H2,1-4H3,(H,18,19). The van der Waals surface area contributed by atoms with Crippen molar-refractivity contribution < 1.29 is 9.90 Å². The van der Waals surface area contributed by atoms with E-state index in [1.165, 1.54) is 0 Å². The van der Waals surface area contributed by atoms with Gasteiger partial charge in [0, 0.05) is 12.6 Å². The summed E-state index contributed by atoms with van der Waals surface area (Å²) in [6.07, 6.45) is 2.36. The number of rotatable bonds is 3. The molecule has 102 valence electrons. The Kier molecular flexibility index (Phi) is 3.30. The molecule has 0 fully saturated rings. The molecule has 0 bridgehead atoms. The van der Waals surface area contributed by atoms with Gasteiger partial charge in [0.15, 0.2) is 5.65 Å². The van der Waals surface area contributed by atoms with Crippen molar-refractivity contribution in [2.24, 2.45) is 11.3 Å². The second kappa shape index (κ2) is 4.64. The number of pyridine rings is 1. The molecule has 1 unspecified atom stereocenters. The van der Waals surface area contributed by atoms with E-state index in [1.807, 2.05) is 0 Å². The summed E-state index contributed by atoms with van der Waals surface area (Å²) in [6, 6.07) is 3.23. The fourth-order valence-corrected chi connectivity index (χ4v) is 1.78. The summed E-state index contributed by atoms with van der Waals surface area (Å²) in [6.45, 7) is 8.72. The number of aromatic carboxylic acids is 1. The fourth-order valence-electron chi connectivity index (χ4n) is 1.78. The van der Waals surface area contributed by atoms with Crippen molar-refractivity contribution in [2.45, 2.75) is 34.1 Å². The largest absolute Gasteiger partial charge is 0.478 e. The summed E-state index contributed by atoms with van der Waals surface area (Å²) < 4.78 is 1.77. The quantitative estimate of drug-likeness (QED) is 0.922. The minimum absolute atomic E-state index is 0.177. The predicted molar refractivity (Wildman–Crippen MR) is 72.3 cm³/mol. The van der Waals surface area contributed by atoms with Crippen molar-refractivity contribution in [1.82, 2.24) is 14.6 Å². The number of hydrogen-bond donors (Lipinski definition) is 1. The lowest BCUT2D eigenvalue weighted by Crippen LogP contribution is -2.20. The first-order chi connectivity index (χ1) is 8.79. The summed E-state index contributed by atoms with van der Waals surface area (Å²) in [5, 5.41) is 17.3. The van der Waals surface area contributed by atoms with Gasteiger partial charge in [-0.1, -0.05) is 27.7 Å². The van der Waals surface area contributed by atoms with Crippen LogP contribution in [0.1, 0.15) is 43.9 Å². The molecule has 0 amide bonds. The molecule has 0 radical (unpaired) electrons. The van der Waals surface area contributed by atoms with Crippen molar-refractivity contribution in [3.63, 3.8) is 0 Å². The van der Waals surface area contributed by atoms with Crippen molar-refractivity contribution in [3.05, 3.63) is 29.7 Å². The van der Waals surface area contributed by atoms with Gasteiger partial charge in [-0.3, -0.25) is 4.40 Å². The molecule has 19 heavy (non-hydrogen) atoms. The summed E-state index contributed by atoms with van der Waals surface area (Å²) >= 11 is 0. The van der Waals surface area contributed by atoms with Gasteiger partial charge in [-0.15, -0.1) is 10.2 Å². The number of hydrogen-bond acceptors (Lipinski definition) is 3. The summed E-state index contributed by atoms with van der Waals surface area (Å²) in [5.74, 6) is 0.291. The van der Waals surface area contributed by atoms with E-state index in [2.05, 4.69) is 37.9 Å². The molecule has 2 rings (SSSR count). The Morgan fingerprint density at radius 3 is 2.63 bits per heavy atom. The Balaban J connectivity index is 2.39. The van der Waals surface area contributed by atoms with Crippen LogP contribution in [0.2, 0.25) is 0 Å². The molecule has 0 spiro atoms. The zero-order valence-corrected chi connectivity index (χ0v) is 11.7. The van der Waals surface area contributed by atoms with Gasteiger partial charge < -0.3 is 5.11 Å². The Morgan fingerprint density at radius 1 is 1.37 bits per heavy atom. The van der Waals surface area contributed by atoms with Crippen molar-refractivity contribution in [3.8, 4) is 0 Å². The maximum atomic E-state index is 11.0. The van der Waals surface area contributed by atoms with Crippen LogP contribution in [0.4, 0.5) is 0 Å². The molecule has 0 aliphatic rings. The van der Waals surface area contributed by atoms with Crippen molar-refractivity contribution in [2.75, 3.05) is 0 Å². The molecule has 1 atom stereocenters. The molecule has 1 N–H and O–H groups in total. The Bertz CT molecular complexity index is 611. The number of nitrogens with zero attached hydrogens (tertiary/aromatic N) is 3. The molecule has 0 aromatic carbocycles. The van der Waals surface area contributed by atoms with E-state index < -0.39 is 5.97 Å². The number of fused-ring (bicyclic) bond motifs is 1. The van der Waals surface area contributed by atoms with Gasteiger partial charge in [0.25, 0.3) is 0 Å². The van der Waals surface area contributed by atoms with Crippen LogP contribution in [-0.2, 0) is 6.42 Å². The SMILES string of the molecule is CC(Cc1nnc2ccc(C(=O)O)cn12)C(C)(C)C. The lowest BCUT2D eigenvalue weighted by atomic mass is 9.80. The van der Waals surface area contributed by atoms with Crippen LogP contribution in [0.5, 0.6) is 0 Å². The first-order valence-corrected chi connectivity index (χ1v) is 6.36. The molecule has 5 nitrogen and oxygen atoms in total. The van der Waals surface area contributed by atoms with Gasteiger partial charge >= 0.3 is 5.97 Å². The van der Waals surface area contributed by atoms with E-state index in [1.54, 1.807) is 22.7 Å². The average Bonchev–Trinajstić information content (AvgIpc) is 2.70. The minimum atomic E-state index is -0.939. The lowest BCUT2D eigenvalue weighted by molar-refractivity contribution is 0.0696. The van der Waals surface area contributed by atoms with Crippen LogP contribution in [0.15, 0.2) is 18.3 Å². The Labute approximate surface area is 112 Å². The maximum absolute atomic E-state index is 11.0. The maximum Gasteiger partial charge on any atom is 0.337 e. The van der Waals surface area contributed by atoms with E-state index in [4.69, 9.17) is 5.11 Å². The van der Waals surface area contributed by atoms with Crippen LogP contribution in [0.3, 0.4) is 0 Å². The van der Waals surface area contributed by atoms with E-state index >= 15 is 0 Å². The van der Waals surface area contributed by atoms with Gasteiger partial charge in [0.1, 0.15) is 5.82 Å². The molecular weight excluding hydrogens is 242 g/mol. The number of aromatic nitrogens is 3. The number of carboxylic acids is 1. The average molecular weight is 261 g/mol. The molecular formula is C14H19N3O2. The van der Waals surface area contributed by atoms with Crippen molar-refractivity contribution >= 4 is 11.6 Å². The summed E-state index contributed by atoms with van der Waals surface area (Å²) in [5.41, 5.74) is 1.11. The lowest BCUT2D eigenvalue weighted by Gasteiger charge is -2.26. The fraction of sp³-hybridized carbons (Fsp3) is 0.500. The number of carboxylic acid groups (broad SMARTS) is 1. The van der Waals surface area contributed by atoms with Crippen LogP contribution in [-0.4, -0.2) is 25.7 Å². The second-order valence-electron chi connectivity index (χ2n) is 6.04. The normalized spacial score (nSPS) is 13.7. The van der Waals surface area contributed by atoms with Gasteiger partial charge in [0.2, 0.25) is 0 Å². The van der Waals surface area contributed by atoms with Crippen LogP contribution < -0.4 is 0 Å². The summed E-state index contributed by atoms with van der Waals surface area (Å²) in [7, 11) is 0. The van der Waals surface area contributed by atoms with Crippen LogP contribution in [0, 0.1) is 11.3 Å². The van der Waals surface area contributed by atoms with E-state index in [0.29, 0.717) is 11.6 Å². The molecule has 2 aromatic heterocycles. The van der Waals surface area contributed by atoms with Crippen molar-refractivity contribution in [1.29, 1.82) is 0 Å². The van der Waals surface area contributed by atoms with E-state index in [0.717, 1.165) is 12.2 Å². The van der Waals surface area contributed by atoms with Gasteiger partial charge in [-0.05, 0) is 23.5 Å². The monoisotopic (exact) mass is 261 g/mol. The molecule has 0 saturated heterocycles.